The Balaban J connectivity index is 1.58. The van der Waals surface area contributed by atoms with Gasteiger partial charge < -0.3 is 9.80 Å². The molecule has 7 nitrogen and oxygen atoms in total. The number of fused-ring (bicyclic) bond motifs is 3. The predicted molar refractivity (Wildman–Crippen MR) is 136 cm³/mol. The summed E-state index contributed by atoms with van der Waals surface area (Å²) in [5, 5.41) is 1.00. The molecule has 1 saturated heterocycles. The van der Waals surface area contributed by atoms with Gasteiger partial charge >= 0.3 is 0 Å². The molecule has 1 aliphatic rings. The van der Waals surface area contributed by atoms with Gasteiger partial charge in [0.1, 0.15) is 11.2 Å². The lowest BCUT2D eigenvalue weighted by molar-refractivity contribution is 0.0775. The molecule has 1 aromatic carbocycles. The summed E-state index contributed by atoms with van der Waals surface area (Å²) >= 11 is 0. The summed E-state index contributed by atoms with van der Waals surface area (Å²) in [7, 11) is 0. The second-order valence-corrected chi connectivity index (χ2v) is 8.88. The topological polar surface area (TPSA) is 57.0 Å². The van der Waals surface area contributed by atoms with Crippen LogP contribution in [0.4, 0.5) is 5.69 Å². The van der Waals surface area contributed by atoms with Gasteiger partial charge in [0.2, 0.25) is 0 Å². The van der Waals surface area contributed by atoms with E-state index in [9.17, 15) is 4.79 Å². The van der Waals surface area contributed by atoms with Crippen molar-refractivity contribution in [2.24, 2.45) is 0 Å². The quantitative estimate of drug-likeness (QED) is 0.439. The van der Waals surface area contributed by atoms with Crippen molar-refractivity contribution in [2.75, 3.05) is 44.2 Å². The highest BCUT2D eigenvalue weighted by Crippen LogP contribution is 2.35. The molecule has 0 bridgehead atoms. The Morgan fingerprint density at radius 3 is 2.38 bits per heavy atom. The number of carbonyl (C=O) groups is 1. The first-order chi connectivity index (χ1) is 16.6. The van der Waals surface area contributed by atoms with Gasteiger partial charge in [0.05, 0.1) is 5.69 Å². The molecular formula is C27H32N6O. The molecule has 34 heavy (non-hydrogen) atoms. The predicted octanol–water partition coefficient (Wildman–Crippen LogP) is 4.00. The second-order valence-electron chi connectivity index (χ2n) is 8.88. The van der Waals surface area contributed by atoms with E-state index in [1.54, 1.807) is 0 Å². The summed E-state index contributed by atoms with van der Waals surface area (Å²) in [6, 6.07) is 14.7. The van der Waals surface area contributed by atoms with Crippen LogP contribution < -0.4 is 4.90 Å². The lowest BCUT2D eigenvalue weighted by Gasteiger charge is -2.38. The fraction of sp³-hybridized carbons (Fsp3) is 0.370. The summed E-state index contributed by atoms with van der Waals surface area (Å²) in [5.74, 6) is 0.0352. The Labute approximate surface area is 200 Å². The number of carbonyl (C=O) groups excluding carboxylic acids is 1. The maximum atomic E-state index is 13.9. The molecule has 0 atom stereocenters. The maximum absolute atomic E-state index is 13.9. The number of aromatic nitrogens is 3. The van der Waals surface area contributed by atoms with Crippen LogP contribution in [0.2, 0.25) is 0 Å². The summed E-state index contributed by atoms with van der Waals surface area (Å²) in [6.45, 7) is 11.9. The van der Waals surface area contributed by atoms with Crippen LogP contribution in [0, 0.1) is 6.92 Å². The van der Waals surface area contributed by atoms with Gasteiger partial charge in [-0.25, -0.2) is 9.97 Å². The van der Waals surface area contributed by atoms with Gasteiger partial charge in [0, 0.05) is 69.3 Å². The number of amides is 1. The van der Waals surface area contributed by atoms with E-state index in [0.29, 0.717) is 24.3 Å². The zero-order valence-electron chi connectivity index (χ0n) is 20.2. The monoisotopic (exact) mass is 456 g/mol. The summed E-state index contributed by atoms with van der Waals surface area (Å²) in [6.07, 6.45) is 3.65. The zero-order chi connectivity index (χ0) is 23.7. The molecule has 0 radical (unpaired) electrons. The fourth-order valence-corrected chi connectivity index (χ4v) is 5.05. The van der Waals surface area contributed by atoms with Crippen molar-refractivity contribution >= 4 is 28.3 Å². The number of hydrogen-bond acceptors (Lipinski definition) is 5. The van der Waals surface area contributed by atoms with Crippen molar-refractivity contribution in [3.05, 3.63) is 71.7 Å². The zero-order valence-corrected chi connectivity index (χ0v) is 20.2. The highest BCUT2D eigenvalue weighted by atomic mass is 16.2. The van der Waals surface area contributed by atoms with E-state index >= 15 is 0 Å². The number of rotatable bonds is 6. The smallest absolute Gasteiger partial charge is 0.259 e. The van der Waals surface area contributed by atoms with E-state index in [4.69, 9.17) is 9.97 Å². The number of anilines is 1. The number of piperazine rings is 1. The Morgan fingerprint density at radius 1 is 0.941 bits per heavy atom. The van der Waals surface area contributed by atoms with Gasteiger partial charge in [-0.05, 0) is 38.5 Å². The lowest BCUT2D eigenvalue weighted by atomic mass is 10.1. The molecule has 4 heterocycles. The Hall–Kier alpha value is -3.45. The van der Waals surface area contributed by atoms with Gasteiger partial charge in [-0.3, -0.25) is 14.1 Å². The van der Waals surface area contributed by atoms with Crippen LogP contribution in [-0.4, -0.2) is 69.3 Å². The van der Waals surface area contributed by atoms with E-state index in [2.05, 4.69) is 46.2 Å². The third-order valence-corrected chi connectivity index (χ3v) is 6.85. The number of hydrogen-bond donors (Lipinski definition) is 0. The van der Waals surface area contributed by atoms with Crippen molar-refractivity contribution in [3.8, 4) is 0 Å². The van der Waals surface area contributed by atoms with Crippen LogP contribution in [0.15, 0.2) is 54.9 Å². The molecule has 5 rings (SSSR count). The van der Waals surface area contributed by atoms with E-state index < -0.39 is 0 Å². The van der Waals surface area contributed by atoms with Gasteiger partial charge in [-0.2, -0.15) is 0 Å². The summed E-state index contributed by atoms with van der Waals surface area (Å²) < 4.78 is 2.03. The van der Waals surface area contributed by atoms with Crippen molar-refractivity contribution in [1.82, 2.24) is 24.2 Å². The molecule has 1 amide bonds. The van der Waals surface area contributed by atoms with E-state index in [1.807, 2.05) is 48.5 Å². The van der Waals surface area contributed by atoms with Crippen molar-refractivity contribution in [2.45, 2.75) is 27.3 Å². The number of benzene rings is 1. The van der Waals surface area contributed by atoms with E-state index in [0.717, 1.165) is 55.1 Å². The number of pyridine rings is 2. The Kier molecular flexibility index (Phi) is 6.20. The molecule has 0 saturated carbocycles. The highest BCUT2D eigenvalue weighted by Gasteiger charge is 2.30. The standard InChI is InChI=1S/C27H32N6O/c1-4-31(5-2)27(34)23-24(22-12-9-13-28-25(22)33-20(3)18-29-26(23)33)32-16-14-30(15-17-32)19-21-10-7-6-8-11-21/h6-13,18H,4-5,14-17,19H2,1-3H3. The van der Waals surface area contributed by atoms with Crippen LogP contribution in [0.1, 0.15) is 35.5 Å². The normalized spacial score (nSPS) is 14.7. The van der Waals surface area contributed by atoms with Gasteiger partial charge in [-0.15, -0.1) is 0 Å². The first kappa shape index (κ1) is 22.3. The minimum absolute atomic E-state index is 0.0352. The van der Waals surface area contributed by atoms with Crippen LogP contribution in [0.5, 0.6) is 0 Å². The Morgan fingerprint density at radius 2 is 1.68 bits per heavy atom. The van der Waals surface area contributed by atoms with Crippen LogP contribution in [0.25, 0.3) is 16.7 Å². The van der Waals surface area contributed by atoms with Crippen molar-refractivity contribution in [1.29, 1.82) is 0 Å². The summed E-state index contributed by atoms with van der Waals surface area (Å²) in [5.41, 5.74) is 5.52. The average molecular weight is 457 g/mol. The minimum Gasteiger partial charge on any atom is -0.368 e. The van der Waals surface area contributed by atoms with Crippen LogP contribution in [-0.2, 0) is 6.54 Å². The average Bonchev–Trinajstić information content (AvgIpc) is 3.26. The minimum atomic E-state index is 0.0352. The van der Waals surface area contributed by atoms with Crippen LogP contribution >= 0.6 is 0 Å². The van der Waals surface area contributed by atoms with Gasteiger partial charge in [-0.1, -0.05) is 30.3 Å². The van der Waals surface area contributed by atoms with E-state index in [1.165, 1.54) is 5.56 Å². The highest BCUT2D eigenvalue weighted by molar-refractivity contribution is 6.12. The Bertz CT molecular complexity index is 1300. The molecule has 1 fully saturated rings. The molecule has 0 N–H and O–H groups in total. The lowest BCUT2D eigenvalue weighted by Crippen LogP contribution is -2.47. The fourth-order valence-electron chi connectivity index (χ4n) is 5.05. The summed E-state index contributed by atoms with van der Waals surface area (Å²) in [4.78, 5) is 30.0. The number of aryl methyl sites for hydroxylation is 1. The molecule has 3 aromatic heterocycles. The van der Waals surface area contributed by atoms with Gasteiger partial charge in [0.25, 0.3) is 5.91 Å². The first-order valence-electron chi connectivity index (χ1n) is 12.2. The van der Waals surface area contributed by atoms with Crippen molar-refractivity contribution in [3.63, 3.8) is 0 Å². The molecule has 176 valence electrons. The van der Waals surface area contributed by atoms with Gasteiger partial charge in [0.15, 0.2) is 5.65 Å². The SMILES string of the molecule is CCN(CC)C(=O)c1c(N2CCN(Cc3ccccc3)CC2)c2cccnc2n2c(C)cnc12. The van der Waals surface area contributed by atoms with Crippen LogP contribution in [0.3, 0.4) is 0 Å². The molecule has 4 aromatic rings. The molecule has 7 heteroatoms. The number of nitrogens with zero attached hydrogens (tertiary/aromatic N) is 6. The largest absolute Gasteiger partial charge is 0.368 e. The third kappa shape index (κ3) is 3.90. The third-order valence-electron chi connectivity index (χ3n) is 6.85. The molecule has 1 aliphatic heterocycles. The molecule has 0 aliphatic carbocycles. The van der Waals surface area contributed by atoms with Crippen molar-refractivity contribution < 1.29 is 4.79 Å². The van der Waals surface area contributed by atoms with E-state index in [-0.39, 0.29) is 5.91 Å². The number of imidazole rings is 1. The maximum Gasteiger partial charge on any atom is 0.259 e. The molecule has 0 unspecified atom stereocenters. The molecular weight excluding hydrogens is 424 g/mol. The second kappa shape index (κ2) is 9.43. The molecule has 0 spiro atoms. The first-order valence-corrected chi connectivity index (χ1v) is 12.2.